The number of aryl methyl sites for hydroxylation is 1. The van der Waals surface area contributed by atoms with Crippen LogP contribution in [0.3, 0.4) is 0 Å². The Balaban J connectivity index is 1.71. The molecule has 1 aromatic heterocycles. The van der Waals surface area contributed by atoms with Gasteiger partial charge in [0.05, 0.1) is 11.7 Å². The summed E-state index contributed by atoms with van der Waals surface area (Å²) in [5.74, 6) is 0. The zero-order valence-electron chi connectivity index (χ0n) is 14.1. The average molecular weight is 391 g/mol. The number of halogens is 2. The predicted molar refractivity (Wildman–Crippen MR) is 101 cm³/mol. The van der Waals surface area contributed by atoms with Crippen molar-refractivity contribution in [3.05, 3.63) is 63.9 Å². The average Bonchev–Trinajstić information content (AvgIpc) is 3.10. The van der Waals surface area contributed by atoms with E-state index in [1.54, 1.807) is 24.3 Å². The molecule has 0 aliphatic carbocycles. The number of nitrogens with zero attached hydrogens (tertiary/aromatic N) is 4. The van der Waals surface area contributed by atoms with Gasteiger partial charge < -0.3 is 10.6 Å². The van der Waals surface area contributed by atoms with Gasteiger partial charge in [-0.2, -0.15) is 0 Å². The number of carbonyl (C=O) groups excluding carboxylic acids is 1. The predicted octanol–water partition coefficient (Wildman–Crippen LogP) is 4.16. The first-order chi connectivity index (χ1) is 12.4. The minimum Gasteiger partial charge on any atom is -0.331 e. The van der Waals surface area contributed by atoms with Crippen molar-refractivity contribution in [3.63, 3.8) is 0 Å². The Labute approximate surface area is 160 Å². The van der Waals surface area contributed by atoms with Gasteiger partial charge in [-0.25, -0.2) is 9.48 Å². The highest BCUT2D eigenvalue weighted by Crippen LogP contribution is 2.26. The number of anilines is 1. The maximum Gasteiger partial charge on any atom is 0.319 e. The number of amides is 2. The molecule has 9 heteroatoms. The van der Waals surface area contributed by atoms with E-state index in [0.29, 0.717) is 15.7 Å². The van der Waals surface area contributed by atoms with E-state index in [1.807, 2.05) is 26.0 Å². The molecule has 2 aromatic carbocycles. The summed E-state index contributed by atoms with van der Waals surface area (Å²) in [7, 11) is 0. The number of rotatable bonds is 4. The van der Waals surface area contributed by atoms with E-state index < -0.39 is 0 Å². The summed E-state index contributed by atoms with van der Waals surface area (Å²) in [6.07, 6.45) is 1.50. The Morgan fingerprint density at radius 1 is 1.19 bits per heavy atom. The minimum absolute atomic E-state index is 0.288. The second-order valence-electron chi connectivity index (χ2n) is 5.74. The highest BCUT2D eigenvalue weighted by Gasteiger charge is 2.14. The van der Waals surface area contributed by atoms with Crippen LogP contribution < -0.4 is 10.6 Å². The van der Waals surface area contributed by atoms with Gasteiger partial charge in [-0.05, 0) is 59.7 Å². The van der Waals surface area contributed by atoms with Crippen LogP contribution in [0, 0.1) is 6.92 Å². The van der Waals surface area contributed by atoms with Crippen molar-refractivity contribution in [2.45, 2.75) is 19.9 Å². The van der Waals surface area contributed by atoms with E-state index in [-0.39, 0.29) is 12.1 Å². The third-order valence-corrected chi connectivity index (χ3v) is 4.40. The molecule has 0 fully saturated rings. The lowest BCUT2D eigenvalue weighted by atomic mass is 10.1. The van der Waals surface area contributed by atoms with E-state index in [1.165, 1.54) is 11.0 Å². The third-order valence-electron chi connectivity index (χ3n) is 3.84. The number of benzene rings is 2. The Hall–Kier alpha value is -2.64. The normalized spacial score (nSPS) is 11.8. The lowest BCUT2D eigenvalue weighted by molar-refractivity contribution is 0.249. The third kappa shape index (κ3) is 4.12. The number of urea groups is 1. The lowest BCUT2D eigenvalue weighted by Gasteiger charge is -2.17. The van der Waals surface area contributed by atoms with Gasteiger partial charge in [-0.15, -0.1) is 5.10 Å². The number of aromatic nitrogens is 4. The monoisotopic (exact) mass is 390 g/mol. The number of carbonyl (C=O) groups is 1. The van der Waals surface area contributed by atoms with Crippen LogP contribution >= 0.6 is 23.2 Å². The van der Waals surface area contributed by atoms with E-state index in [2.05, 4.69) is 26.2 Å². The van der Waals surface area contributed by atoms with E-state index >= 15 is 0 Å². The zero-order chi connectivity index (χ0) is 18.7. The number of nitrogens with one attached hydrogen (secondary N) is 2. The van der Waals surface area contributed by atoms with Crippen LogP contribution in [-0.4, -0.2) is 26.2 Å². The topological polar surface area (TPSA) is 84.7 Å². The number of hydrogen-bond acceptors (Lipinski definition) is 4. The van der Waals surface area contributed by atoms with E-state index in [0.717, 1.165) is 16.8 Å². The van der Waals surface area contributed by atoms with Gasteiger partial charge in [0, 0.05) is 15.7 Å². The molecular formula is C17H16Cl2N6O. The first-order valence-electron chi connectivity index (χ1n) is 7.80. The SMILES string of the molecule is Cc1ccc(NC(=O)N[C@@H](C)c2ccc(Cl)cc2Cl)cc1-n1cnnn1. The standard InChI is InChI=1S/C17H16Cl2N6O/c1-10-3-5-13(8-16(10)25-9-20-23-24-25)22-17(26)21-11(2)14-6-4-12(18)7-15(14)19/h3-9,11H,1-2H3,(H2,21,22,26)/t11-/m0/s1. The molecule has 0 aliphatic rings. The number of hydrogen-bond donors (Lipinski definition) is 2. The molecule has 2 N–H and O–H groups in total. The summed E-state index contributed by atoms with van der Waals surface area (Å²) in [6.45, 7) is 3.78. The first kappa shape index (κ1) is 18.2. The highest BCUT2D eigenvalue weighted by atomic mass is 35.5. The zero-order valence-corrected chi connectivity index (χ0v) is 15.6. The van der Waals surface area contributed by atoms with Crippen LogP contribution in [0.4, 0.5) is 10.5 Å². The van der Waals surface area contributed by atoms with Crippen LogP contribution in [0.2, 0.25) is 10.0 Å². The van der Waals surface area contributed by atoms with Crippen molar-refractivity contribution in [2.75, 3.05) is 5.32 Å². The molecule has 7 nitrogen and oxygen atoms in total. The minimum atomic E-state index is -0.352. The Kier molecular flexibility index (Phi) is 5.39. The summed E-state index contributed by atoms with van der Waals surface area (Å²) in [6, 6.07) is 10.0. The fraction of sp³-hybridized carbons (Fsp3) is 0.176. The smallest absolute Gasteiger partial charge is 0.319 e. The molecule has 0 saturated carbocycles. The maximum absolute atomic E-state index is 12.3. The van der Waals surface area contributed by atoms with Gasteiger partial charge in [0.2, 0.25) is 0 Å². The molecule has 3 aromatic rings. The van der Waals surface area contributed by atoms with Crippen LogP contribution in [0.25, 0.3) is 5.69 Å². The van der Waals surface area contributed by atoms with Gasteiger partial charge in [0.25, 0.3) is 0 Å². The summed E-state index contributed by atoms with van der Waals surface area (Å²) in [5.41, 5.74) is 3.16. The van der Waals surface area contributed by atoms with Gasteiger partial charge in [-0.3, -0.25) is 0 Å². The fourth-order valence-electron chi connectivity index (χ4n) is 2.50. The number of tetrazole rings is 1. The lowest BCUT2D eigenvalue weighted by Crippen LogP contribution is -2.31. The van der Waals surface area contributed by atoms with Gasteiger partial charge in [0.15, 0.2) is 0 Å². The largest absolute Gasteiger partial charge is 0.331 e. The highest BCUT2D eigenvalue weighted by molar-refractivity contribution is 6.35. The van der Waals surface area contributed by atoms with Crippen molar-refractivity contribution in [1.29, 1.82) is 0 Å². The van der Waals surface area contributed by atoms with Crippen LogP contribution in [0.15, 0.2) is 42.7 Å². The fourth-order valence-corrected chi connectivity index (χ4v) is 3.07. The summed E-state index contributed by atoms with van der Waals surface area (Å²) in [5, 5.41) is 17.8. The molecule has 134 valence electrons. The van der Waals surface area contributed by atoms with Gasteiger partial charge in [0.1, 0.15) is 6.33 Å². The molecule has 3 rings (SSSR count). The Morgan fingerprint density at radius 3 is 2.69 bits per heavy atom. The van der Waals surface area contributed by atoms with Crippen molar-refractivity contribution >= 4 is 34.9 Å². The van der Waals surface area contributed by atoms with Crippen molar-refractivity contribution < 1.29 is 4.79 Å². The molecule has 0 unspecified atom stereocenters. The molecule has 0 saturated heterocycles. The molecule has 0 spiro atoms. The van der Waals surface area contributed by atoms with Crippen molar-refractivity contribution in [3.8, 4) is 5.69 Å². The molecule has 0 radical (unpaired) electrons. The maximum atomic E-state index is 12.3. The van der Waals surface area contributed by atoms with Gasteiger partial charge in [-0.1, -0.05) is 35.3 Å². The molecule has 0 aliphatic heterocycles. The molecule has 26 heavy (non-hydrogen) atoms. The molecule has 0 bridgehead atoms. The quantitative estimate of drug-likeness (QED) is 0.700. The second kappa shape index (κ2) is 7.72. The molecule has 1 heterocycles. The Bertz CT molecular complexity index is 929. The molecule has 2 amide bonds. The first-order valence-corrected chi connectivity index (χ1v) is 8.56. The van der Waals surface area contributed by atoms with Crippen LogP contribution in [0.5, 0.6) is 0 Å². The summed E-state index contributed by atoms with van der Waals surface area (Å²) >= 11 is 12.1. The molecular weight excluding hydrogens is 375 g/mol. The Morgan fingerprint density at radius 2 is 2.00 bits per heavy atom. The van der Waals surface area contributed by atoms with Crippen LogP contribution in [-0.2, 0) is 0 Å². The van der Waals surface area contributed by atoms with E-state index in [4.69, 9.17) is 23.2 Å². The van der Waals surface area contributed by atoms with E-state index in [9.17, 15) is 4.79 Å². The summed E-state index contributed by atoms with van der Waals surface area (Å²) < 4.78 is 1.54. The van der Waals surface area contributed by atoms with Crippen molar-refractivity contribution in [2.24, 2.45) is 0 Å². The van der Waals surface area contributed by atoms with Gasteiger partial charge >= 0.3 is 6.03 Å². The van der Waals surface area contributed by atoms with Crippen LogP contribution in [0.1, 0.15) is 24.1 Å². The summed E-state index contributed by atoms with van der Waals surface area (Å²) in [4.78, 5) is 12.3. The molecule has 1 atom stereocenters. The second-order valence-corrected chi connectivity index (χ2v) is 6.59. The van der Waals surface area contributed by atoms with Crippen molar-refractivity contribution in [1.82, 2.24) is 25.5 Å².